The van der Waals surface area contributed by atoms with Crippen molar-refractivity contribution in [3.05, 3.63) is 23.8 Å². The van der Waals surface area contributed by atoms with Gasteiger partial charge in [0.1, 0.15) is 5.75 Å². The molecule has 0 aromatic heterocycles. The quantitative estimate of drug-likeness (QED) is 0.917. The zero-order valence-electron chi connectivity index (χ0n) is 11.7. The monoisotopic (exact) mass is 320 g/mol. The number of methoxy groups -OCH3 is 1. The molecule has 20 heavy (non-hydrogen) atoms. The molecular formula is C13H21ClN2O3S. The predicted octanol–water partition coefficient (Wildman–Crippen LogP) is 1.54. The van der Waals surface area contributed by atoms with Crippen molar-refractivity contribution < 1.29 is 13.2 Å². The first kappa shape index (κ1) is 17.2. The molecule has 7 heteroatoms. The second kappa shape index (κ2) is 6.76. The van der Waals surface area contributed by atoms with Crippen LogP contribution in [0, 0.1) is 6.92 Å². The van der Waals surface area contributed by atoms with E-state index in [1.54, 1.807) is 25.3 Å². The van der Waals surface area contributed by atoms with Crippen LogP contribution in [0.15, 0.2) is 23.1 Å². The van der Waals surface area contributed by atoms with Gasteiger partial charge in [-0.05, 0) is 43.5 Å². The van der Waals surface area contributed by atoms with Crippen molar-refractivity contribution in [1.29, 1.82) is 0 Å². The zero-order valence-corrected chi connectivity index (χ0v) is 13.3. The van der Waals surface area contributed by atoms with Crippen LogP contribution < -0.4 is 10.5 Å². The molecular weight excluding hydrogens is 300 g/mol. The fourth-order valence-corrected chi connectivity index (χ4v) is 3.83. The number of hydrogen-bond donors (Lipinski definition) is 1. The highest BCUT2D eigenvalue weighted by molar-refractivity contribution is 7.89. The van der Waals surface area contributed by atoms with Crippen LogP contribution in [-0.2, 0) is 10.0 Å². The van der Waals surface area contributed by atoms with Crippen LogP contribution in [0.2, 0.25) is 0 Å². The van der Waals surface area contributed by atoms with Gasteiger partial charge in [-0.1, -0.05) is 0 Å². The molecule has 1 aromatic carbocycles. The van der Waals surface area contributed by atoms with Crippen LogP contribution >= 0.6 is 12.4 Å². The van der Waals surface area contributed by atoms with Crippen LogP contribution in [0.5, 0.6) is 5.75 Å². The maximum absolute atomic E-state index is 12.5. The second-order valence-electron chi connectivity index (χ2n) is 4.87. The summed E-state index contributed by atoms with van der Waals surface area (Å²) in [4.78, 5) is 0.321. The average Bonchev–Trinajstić information content (AvgIpc) is 2.39. The molecule has 1 fully saturated rings. The number of ether oxygens (including phenoxy) is 1. The Morgan fingerprint density at radius 1 is 1.30 bits per heavy atom. The summed E-state index contributed by atoms with van der Waals surface area (Å²) in [6.07, 6.45) is 1.43. The van der Waals surface area contributed by atoms with Crippen LogP contribution in [0.25, 0.3) is 0 Å². The summed E-state index contributed by atoms with van der Waals surface area (Å²) in [7, 11) is -1.84. The number of nitrogens with zero attached hydrogens (tertiary/aromatic N) is 1. The molecule has 2 rings (SSSR count). The normalized spacial score (nSPS) is 17.6. The lowest BCUT2D eigenvalue weighted by atomic mass is 10.1. The number of aryl methyl sites for hydroxylation is 1. The Morgan fingerprint density at radius 2 is 1.90 bits per heavy atom. The summed E-state index contributed by atoms with van der Waals surface area (Å²) < 4.78 is 31.6. The van der Waals surface area contributed by atoms with Crippen molar-refractivity contribution in [1.82, 2.24) is 4.31 Å². The minimum Gasteiger partial charge on any atom is -0.496 e. The van der Waals surface area contributed by atoms with E-state index >= 15 is 0 Å². The third kappa shape index (κ3) is 3.44. The van der Waals surface area contributed by atoms with Gasteiger partial charge in [-0.15, -0.1) is 12.4 Å². The summed E-state index contributed by atoms with van der Waals surface area (Å²) in [6, 6.07) is 5.06. The Kier molecular flexibility index (Phi) is 5.82. The average molecular weight is 321 g/mol. The molecule has 0 bridgehead atoms. The Balaban J connectivity index is 0.00000200. The Hall–Kier alpha value is -0.820. The minimum absolute atomic E-state index is 0. The van der Waals surface area contributed by atoms with E-state index in [1.165, 1.54) is 4.31 Å². The molecule has 0 spiro atoms. The predicted molar refractivity (Wildman–Crippen MR) is 80.9 cm³/mol. The lowest BCUT2D eigenvalue weighted by molar-refractivity contribution is 0.320. The molecule has 0 amide bonds. The van der Waals surface area contributed by atoms with E-state index in [1.807, 2.05) is 6.92 Å². The molecule has 1 aromatic rings. The summed E-state index contributed by atoms with van der Waals surface area (Å²) in [5.74, 6) is 0.694. The number of halogens is 1. The van der Waals surface area contributed by atoms with Gasteiger partial charge in [-0.3, -0.25) is 0 Å². The molecule has 1 saturated heterocycles. The fourth-order valence-electron chi connectivity index (χ4n) is 2.28. The van der Waals surface area contributed by atoms with E-state index < -0.39 is 10.0 Å². The van der Waals surface area contributed by atoms with Crippen LogP contribution in [0.1, 0.15) is 18.4 Å². The minimum atomic E-state index is -3.41. The van der Waals surface area contributed by atoms with Crippen molar-refractivity contribution in [2.24, 2.45) is 5.73 Å². The molecule has 114 valence electrons. The van der Waals surface area contributed by atoms with Crippen molar-refractivity contribution in [2.45, 2.75) is 30.7 Å². The zero-order chi connectivity index (χ0) is 14.0. The van der Waals surface area contributed by atoms with E-state index in [4.69, 9.17) is 10.5 Å². The number of benzene rings is 1. The lowest BCUT2D eigenvalue weighted by Crippen LogP contribution is -2.42. The topological polar surface area (TPSA) is 72.6 Å². The van der Waals surface area contributed by atoms with Crippen molar-refractivity contribution in [2.75, 3.05) is 20.2 Å². The molecule has 1 heterocycles. The molecule has 5 nitrogen and oxygen atoms in total. The smallest absolute Gasteiger partial charge is 0.243 e. The van der Waals surface area contributed by atoms with E-state index in [0.29, 0.717) is 36.6 Å². The number of piperidine rings is 1. The highest BCUT2D eigenvalue weighted by Gasteiger charge is 2.28. The van der Waals surface area contributed by atoms with Crippen molar-refractivity contribution in [3.63, 3.8) is 0 Å². The Labute approximate surface area is 126 Å². The molecule has 0 saturated carbocycles. The van der Waals surface area contributed by atoms with Gasteiger partial charge >= 0.3 is 0 Å². The second-order valence-corrected chi connectivity index (χ2v) is 6.81. The van der Waals surface area contributed by atoms with Gasteiger partial charge < -0.3 is 10.5 Å². The molecule has 2 N–H and O–H groups in total. The molecule has 1 aliphatic rings. The van der Waals surface area contributed by atoms with Gasteiger partial charge in [0.05, 0.1) is 12.0 Å². The molecule has 0 radical (unpaired) electrons. The summed E-state index contributed by atoms with van der Waals surface area (Å²) in [5, 5.41) is 0. The van der Waals surface area contributed by atoms with Crippen molar-refractivity contribution >= 4 is 22.4 Å². The third-order valence-electron chi connectivity index (χ3n) is 3.50. The SMILES string of the molecule is COc1ccc(S(=O)(=O)N2CCC(N)CC2)cc1C.Cl. The number of nitrogens with two attached hydrogens (primary N) is 1. The van der Waals surface area contributed by atoms with Crippen LogP contribution in [0.4, 0.5) is 0 Å². The summed E-state index contributed by atoms with van der Waals surface area (Å²) >= 11 is 0. The highest BCUT2D eigenvalue weighted by Crippen LogP contribution is 2.25. The van der Waals surface area contributed by atoms with Crippen LogP contribution in [-0.4, -0.2) is 39.0 Å². The van der Waals surface area contributed by atoms with Gasteiger partial charge in [0.25, 0.3) is 0 Å². The van der Waals surface area contributed by atoms with Gasteiger partial charge in [0.2, 0.25) is 10.0 Å². The highest BCUT2D eigenvalue weighted by atomic mass is 35.5. The van der Waals surface area contributed by atoms with E-state index in [9.17, 15) is 8.42 Å². The van der Waals surface area contributed by atoms with Gasteiger partial charge in [0, 0.05) is 19.1 Å². The summed E-state index contributed by atoms with van der Waals surface area (Å²) in [5.41, 5.74) is 6.62. The molecule has 0 aliphatic carbocycles. The number of hydrogen-bond acceptors (Lipinski definition) is 4. The molecule has 0 unspecified atom stereocenters. The standard InChI is InChI=1S/C13H20N2O3S.ClH/c1-10-9-12(3-4-13(10)18-2)19(16,17)15-7-5-11(14)6-8-15;/h3-4,9,11H,5-8,14H2,1-2H3;1H. The maximum Gasteiger partial charge on any atom is 0.243 e. The summed E-state index contributed by atoms with van der Waals surface area (Å²) in [6.45, 7) is 2.83. The molecule has 0 atom stereocenters. The first-order valence-corrected chi connectivity index (χ1v) is 7.79. The van der Waals surface area contributed by atoms with Crippen molar-refractivity contribution in [3.8, 4) is 5.75 Å². The lowest BCUT2D eigenvalue weighted by Gasteiger charge is -2.29. The first-order chi connectivity index (χ1) is 8.95. The van der Waals surface area contributed by atoms with Crippen LogP contribution in [0.3, 0.4) is 0 Å². The molecule has 1 aliphatic heterocycles. The van der Waals surface area contributed by atoms with E-state index in [0.717, 1.165) is 5.56 Å². The van der Waals surface area contributed by atoms with E-state index in [-0.39, 0.29) is 18.4 Å². The van der Waals surface area contributed by atoms with Gasteiger partial charge in [-0.25, -0.2) is 8.42 Å². The Morgan fingerprint density at radius 3 is 2.40 bits per heavy atom. The Bertz CT molecular complexity index is 555. The third-order valence-corrected chi connectivity index (χ3v) is 5.40. The number of rotatable bonds is 3. The fraction of sp³-hybridized carbons (Fsp3) is 0.538. The largest absolute Gasteiger partial charge is 0.496 e. The van der Waals surface area contributed by atoms with Gasteiger partial charge in [-0.2, -0.15) is 4.31 Å². The maximum atomic E-state index is 12.5. The van der Waals surface area contributed by atoms with Gasteiger partial charge in [0.15, 0.2) is 0 Å². The number of sulfonamides is 1. The first-order valence-electron chi connectivity index (χ1n) is 6.35. The van der Waals surface area contributed by atoms with E-state index in [2.05, 4.69) is 0 Å².